The number of halogens is 1. The molecule has 0 aliphatic carbocycles. The molecule has 1 aromatic heterocycles. The van der Waals surface area contributed by atoms with Crippen LogP contribution < -0.4 is 5.32 Å². The maximum absolute atomic E-state index is 6.14. The Labute approximate surface area is 108 Å². The lowest BCUT2D eigenvalue weighted by Gasteiger charge is -2.08. The molecule has 2 heterocycles. The Morgan fingerprint density at radius 2 is 2.24 bits per heavy atom. The Balaban J connectivity index is 2.07. The molecule has 0 bridgehead atoms. The third-order valence-corrected chi connectivity index (χ3v) is 3.76. The number of nitrogens with zero attached hydrogens (tertiary/aromatic N) is 2. The Morgan fingerprint density at radius 3 is 3.06 bits per heavy atom. The minimum absolute atomic E-state index is 0.722. The van der Waals surface area contributed by atoms with Crippen LogP contribution in [-0.4, -0.2) is 22.4 Å². The van der Waals surface area contributed by atoms with Gasteiger partial charge in [0, 0.05) is 17.3 Å². The fraction of sp³-hybridized carbons (Fsp3) is 0.167. The summed E-state index contributed by atoms with van der Waals surface area (Å²) in [7, 11) is 0. The number of thioether (sulfide) groups is 1. The molecular weight excluding hydrogens is 254 g/mol. The molecule has 0 unspecified atom stereocenters. The van der Waals surface area contributed by atoms with E-state index in [9.17, 15) is 0 Å². The van der Waals surface area contributed by atoms with Gasteiger partial charge in [0.05, 0.1) is 22.8 Å². The van der Waals surface area contributed by atoms with Crippen LogP contribution in [0.2, 0.25) is 5.02 Å². The molecule has 3 rings (SSSR count). The van der Waals surface area contributed by atoms with Crippen LogP contribution in [0.3, 0.4) is 0 Å². The van der Waals surface area contributed by atoms with Crippen LogP contribution in [0.5, 0.6) is 0 Å². The molecule has 1 aliphatic heterocycles. The third-order valence-electron chi connectivity index (χ3n) is 2.54. The van der Waals surface area contributed by atoms with E-state index in [0.29, 0.717) is 0 Å². The number of rotatable bonds is 1. The predicted octanol–water partition coefficient (Wildman–Crippen LogP) is 3.40. The van der Waals surface area contributed by atoms with Crippen LogP contribution in [-0.2, 0) is 0 Å². The van der Waals surface area contributed by atoms with Gasteiger partial charge in [0.15, 0.2) is 5.17 Å². The molecule has 0 spiro atoms. The molecule has 1 N–H and O–H groups in total. The summed E-state index contributed by atoms with van der Waals surface area (Å²) in [4.78, 5) is 8.74. The number of aliphatic imine (C=N–C) groups is 1. The molecule has 17 heavy (non-hydrogen) atoms. The summed E-state index contributed by atoms with van der Waals surface area (Å²) in [5.41, 5.74) is 1.84. The van der Waals surface area contributed by atoms with Gasteiger partial charge in [0.2, 0.25) is 0 Å². The zero-order valence-corrected chi connectivity index (χ0v) is 10.6. The molecule has 5 heteroatoms. The van der Waals surface area contributed by atoms with E-state index in [-0.39, 0.29) is 0 Å². The standard InChI is InChI=1S/C12H10ClN3S/c13-9-3-4-10(16-12-15-6-7-17-12)11-8(9)2-1-5-14-11/h1-5H,6-7H2,(H,15,16). The van der Waals surface area contributed by atoms with E-state index in [0.717, 1.165) is 39.1 Å². The summed E-state index contributed by atoms with van der Waals surface area (Å²) >= 11 is 7.87. The fourth-order valence-corrected chi connectivity index (χ4v) is 2.72. The summed E-state index contributed by atoms with van der Waals surface area (Å²) in [6.45, 7) is 0.881. The highest BCUT2D eigenvalue weighted by molar-refractivity contribution is 8.14. The quantitative estimate of drug-likeness (QED) is 0.857. The van der Waals surface area contributed by atoms with Gasteiger partial charge in [0.25, 0.3) is 0 Å². The summed E-state index contributed by atoms with van der Waals surface area (Å²) in [5.74, 6) is 1.04. The molecule has 0 radical (unpaired) electrons. The minimum atomic E-state index is 0.722. The molecular formula is C12H10ClN3S. The Bertz CT molecular complexity index is 597. The summed E-state index contributed by atoms with van der Waals surface area (Å²) in [6.07, 6.45) is 1.77. The number of nitrogens with one attached hydrogen (secondary N) is 1. The molecule has 0 amide bonds. The smallest absolute Gasteiger partial charge is 0.161 e. The van der Waals surface area contributed by atoms with Crippen LogP contribution in [0.15, 0.2) is 35.5 Å². The van der Waals surface area contributed by atoms with Gasteiger partial charge < -0.3 is 5.32 Å². The van der Waals surface area contributed by atoms with Gasteiger partial charge in [-0.1, -0.05) is 23.4 Å². The van der Waals surface area contributed by atoms with Crippen molar-refractivity contribution in [2.24, 2.45) is 4.99 Å². The lowest BCUT2D eigenvalue weighted by molar-refractivity contribution is 1.17. The van der Waals surface area contributed by atoms with Crippen molar-refractivity contribution in [3.63, 3.8) is 0 Å². The second-order valence-corrected chi connectivity index (χ2v) is 5.15. The van der Waals surface area contributed by atoms with Crippen LogP contribution in [0.4, 0.5) is 5.69 Å². The summed E-state index contributed by atoms with van der Waals surface area (Å²) in [5, 5.41) is 5.94. The van der Waals surface area contributed by atoms with Crippen molar-refractivity contribution >= 4 is 45.1 Å². The number of benzene rings is 1. The van der Waals surface area contributed by atoms with Crippen molar-refractivity contribution in [3.8, 4) is 0 Å². The largest absolute Gasteiger partial charge is 0.333 e. The zero-order valence-electron chi connectivity index (χ0n) is 8.98. The molecule has 2 aromatic rings. The maximum atomic E-state index is 6.14. The van der Waals surface area contributed by atoms with Gasteiger partial charge in [-0.15, -0.1) is 0 Å². The first-order chi connectivity index (χ1) is 8.34. The van der Waals surface area contributed by atoms with E-state index < -0.39 is 0 Å². The number of fused-ring (bicyclic) bond motifs is 1. The van der Waals surface area contributed by atoms with Crippen LogP contribution in [0.25, 0.3) is 10.9 Å². The topological polar surface area (TPSA) is 37.3 Å². The Kier molecular flexibility index (Phi) is 2.91. The molecule has 0 saturated heterocycles. The van der Waals surface area contributed by atoms with E-state index in [1.165, 1.54) is 0 Å². The lowest BCUT2D eigenvalue weighted by atomic mass is 10.2. The van der Waals surface area contributed by atoms with E-state index in [1.54, 1.807) is 18.0 Å². The maximum Gasteiger partial charge on any atom is 0.161 e. The first-order valence-corrected chi connectivity index (χ1v) is 6.68. The average Bonchev–Trinajstić information content (AvgIpc) is 2.86. The van der Waals surface area contributed by atoms with Gasteiger partial charge >= 0.3 is 0 Å². The number of hydrogen-bond donors (Lipinski definition) is 1. The van der Waals surface area contributed by atoms with E-state index in [2.05, 4.69) is 15.3 Å². The van der Waals surface area contributed by atoms with Crippen molar-refractivity contribution in [2.75, 3.05) is 17.6 Å². The van der Waals surface area contributed by atoms with Crippen molar-refractivity contribution in [1.29, 1.82) is 0 Å². The van der Waals surface area contributed by atoms with Crippen LogP contribution >= 0.6 is 23.4 Å². The van der Waals surface area contributed by atoms with Crippen molar-refractivity contribution < 1.29 is 0 Å². The summed E-state index contributed by atoms with van der Waals surface area (Å²) in [6, 6.07) is 7.69. The SMILES string of the molecule is Clc1ccc(NC2=NCCS2)c2ncccc12. The Morgan fingerprint density at radius 1 is 1.29 bits per heavy atom. The number of pyridine rings is 1. The fourth-order valence-electron chi connectivity index (χ4n) is 1.76. The number of amidine groups is 1. The third kappa shape index (κ3) is 2.10. The molecule has 1 aromatic carbocycles. The molecule has 3 nitrogen and oxygen atoms in total. The first kappa shape index (κ1) is 10.9. The van der Waals surface area contributed by atoms with Crippen molar-refractivity contribution in [3.05, 3.63) is 35.5 Å². The lowest BCUT2D eigenvalue weighted by Crippen LogP contribution is -2.05. The monoisotopic (exact) mass is 263 g/mol. The Hall–Kier alpha value is -1.26. The average molecular weight is 264 g/mol. The molecule has 0 saturated carbocycles. The number of aromatic nitrogens is 1. The van der Waals surface area contributed by atoms with Crippen LogP contribution in [0.1, 0.15) is 0 Å². The van der Waals surface area contributed by atoms with E-state index in [1.807, 2.05) is 24.3 Å². The molecule has 0 fully saturated rings. The normalized spacial score (nSPS) is 15.0. The van der Waals surface area contributed by atoms with Gasteiger partial charge in [0.1, 0.15) is 0 Å². The van der Waals surface area contributed by atoms with Crippen molar-refractivity contribution in [1.82, 2.24) is 4.98 Å². The van der Waals surface area contributed by atoms with Gasteiger partial charge in [-0.25, -0.2) is 0 Å². The number of hydrogen-bond acceptors (Lipinski definition) is 4. The minimum Gasteiger partial charge on any atom is -0.333 e. The first-order valence-electron chi connectivity index (χ1n) is 5.32. The molecule has 1 aliphatic rings. The summed E-state index contributed by atoms with van der Waals surface area (Å²) < 4.78 is 0. The molecule has 86 valence electrons. The van der Waals surface area contributed by atoms with E-state index >= 15 is 0 Å². The van der Waals surface area contributed by atoms with Gasteiger partial charge in [-0.2, -0.15) is 0 Å². The van der Waals surface area contributed by atoms with Gasteiger partial charge in [-0.05, 0) is 24.3 Å². The number of anilines is 1. The second-order valence-electron chi connectivity index (χ2n) is 3.65. The second kappa shape index (κ2) is 4.55. The highest BCUT2D eigenvalue weighted by atomic mass is 35.5. The highest BCUT2D eigenvalue weighted by Gasteiger charge is 2.10. The highest BCUT2D eigenvalue weighted by Crippen LogP contribution is 2.29. The van der Waals surface area contributed by atoms with Gasteiger partial charge in [-0.3, -0.25) is 9.98 Å². The van der Waals surface area contributed by atoms with E-state index in [4.69, 9.17) is 11.6 Å². The molecule has 0 atom stereocenters. The van der Waals surface area contributed by atoms with Crippen molar-refractivity contribution in [2.45, 2.75) is 0 Å². The predicted molar refractivity (Wildman–Crippen MR) is 75.1 cm³/mol. The van der Waals surface area contributed by atoms with Crippen LogP contribution in [0, 0.1) is 0 Å². The zero-order chi connectivity index (χ0) is 11.7.